The van der Waals surface area contributed by atoms with Gasteiger partial charge >= 0.3 is 6.09 Å². The van der Waals surface area contributed by atoms with Crippen molar-refractivity contribution in [3.05, 3.63) is 29.6 Å². The molecule has 0 bridgehead atoms. The summed E-state index contributed by atoms with van der Waals surface area (Å²) in [6.07, 6.45) is 7.22. The molecule has 1 N–H and O–H groups in total. The maximum Gasteiger partial charge on any atom is 0.411 e. The number of benzene rings is 1. The van der Waals surface area contributed by atoms with Crippen LogP contribution in [-0.2, 0) is 4.74 Å². The lowest BCUT2D eigenvalue weighted by molar-refractivity contribution is 0.0175. The van der Waals surface area contributed by atoms with E-state index in [2.05, 4.69) is 15.9 Å². The van der Waals surface area contributed by atoms with E-state index in [0.717, 1.165) is 35.3 Å². The molecule has 1 saturated heterocycles. The Hall–Kier alpha value is -2.48. The number of likely N-dealkylation sites (tertiary alicyclic amines) is 1. The number of hydrogen-bond acceptors (Lipinski definition) is 3. The van der Waals surface area contributed by atoms with Gasteiger partial charge in [-0.1, -0.05) is 5.92 Å². The van der Waals surface area contributed by atoms with E-state index >= 15 is 0 Å². The Labute approximate surface area is 141 Å². The highest BCUT2D eigenvalue weighted by atomic mass is 16.6. The lowest BCUT2D eigenvalue weighted by Crippen LogP contribution is -2.38. The van der Waals surface area contributed by atoms with Crippen molar-refractivity contribution < 1.29 is 9.53 Å². The summed E-state index contributed by atoms with van der Waals surface area (Å²) in [4.78, 5) is 22.5. The topological polar surface area (TPSA) is 58.2 Å². The van der Waals surface area contributed by atoms with Gasteiger partial charge in [0.15, 0.2) is 0 Å². The summed E-state index contributed by atoms with van der Waals surface area (Å²) < 4.78 is 5.60. The van der Waals surface area contributed by atoms with Gasteiger partial charge in [-0.2, -0.15) is 0 Å². The zero-order chi connectivity index (χ0) is 17.1. The molecule has 1 aromatic heterocycles. The molecule has 0 radical (unpaired) electrons. The molecule has 1 amide bonds. The third-order valence-corrected chi connectivity index (χ3v) is 4.69. The maximum atomic E-state index is 12.6. The van der Waals surface area contributed by atoms with Crippen LogP contribution in [0.15, 0.2) is 18.2 Å². The lowest BCUT2D eigenvalue weighted by Gasteiger charge is -2.29. The molecule has 1 aliphatic heterocycles. The summed E-state index contributed by atoms with van der Waals surface area (Å²) in [7, 11) is 0. The van der Waals surface area contributed by atoms with Crippen molar-refractivity contribution in [3.63, 3.8) is 0 Å². The summed E-state index contributed by atoms with van der Waals surface area (Å²) in [5, 5.41) is 0. The van der Waals surface area contributed by atoms with E-state index in [1.54, 1.807) is 0 Å². The standard InChI is InChI=1S/C19H21N3O2/c1-5-11-6-7-13-14(8-11)21-17(20-13)16-10-12-9-15(12)22(16)18(23)24-19(2,3)4/h1,6-8,12,15-16H,9-10H2,2-4H3,(H,20,21)/t12?,15?,16-/m0/s1. The number of hydrogen-bond donors (Lipinski definition) is 1. The van der Waals surface area contributed by atoms with Crippen molar-refractivity contribution >= 4 is 17.1 Å². The van der Waals surface area contributed by atoms with Gasteiger partial charge in [-0.15, -0.1) is 6.42 Å². The van der Waals surface area contributed by atoms with E-state index in [9.17, 15) is 4.79 Å². The van der Waals surface area contributed by atoms with Crippen LogP contribution in [0.4, 0.5) is 4.79 Å². The number of carbonyl (C=O) groups is 1. The van der Waals surface area contributed by atoms with Gasteiger partial charge in [-0.05, 0) is 57.7 Å². The minimum Gasteiger partial charge on any atom is -0.444 e. The molecule has 2 fully saturated rings. The average molecular weight is 323 g/mol. The number of piperidine rings is 1. The number of nitrogens with one attached hydrogen (secondary N) is 1. The Kier molecular flexibility index (Phi) is 3.14. The minimum absolute atomic E-state index is 0.0507. The second kappa shape index (κ2) is 5.01. The van der Waals surface area contributed by atoms with Crippen LogP contribution in [0, 0.1) is 18.3 Å². The number of nitrogens with zero attached hydrogens (tertiary/aromatic N) is 2. The number of ether oxygens (including phenoxy) is 1. The fraction of sp³-hybridized carbons (Fsp3) is 0.474. The molecule has 1 aliphatic carbocycles. The van der Waals surface area contributed by atoms with Crippen LogP contribution < -0.4 is 0 Å². The molecule has 4 rings (SSSR count). The second-order valence-corrected chi connectivity index (χ2v) is 7.70. The Morgan fingerprint density at radius 3 is 2.92 bits per heavy atom. The molecule has 1 aromatic carbocycles. The summed E-state index contributed by atoms with van der Waals surface area (Å²) in [6, 6.07) is 5.95. The second-order valence-electron chi connectivity index (χ2n) is 7.70. The number of carbonyl (C=O) groups excluding carboxylic acids is 1. The third-order valence-electron chi connectivity index (χ3n) is 4.69. The highest BCUT2D eigenvalue weighted by Crippen LogP contribution is 2.53. The van der Waals surface area contributed by atoms with Gasteiger partial charge in [-0.25, -0.2) is 9.78 Å². The van der Waals surface area contributed by atoms with Crippen LogP contribution >= 0.6 is 0 Å². The van der Waals surface area contributed by atoms with Gasteiger partial charge < -0.3 is 9.72 Å². The third kappa shape index (κ3) is 2.52. The van der Waals surface area contributed by atoms with Crippen molar-refractivity contribution in [1.29, 1.82) is 0 Å². The number of aromatic amines is 1. The van der Waals surface area contributed by atoms with Gasteiger partial charge in [0.2, 0.25) is 0 Å². The van der Waals surface area contributed by atoms with Crippen LogP contribution in [0.3, 0.4) is 0 Å². The number of rotatable bonds is 1. The molecule has 2 heterocycles. The molecule has 1 saturated carbocycles. The van der Waals surface area contributed by atoms with E-state index in [-0.39, 0.29) is 12.1 Å². The Morgan fingerprint density at radius 2 is 2.21 bits per heavy atom. The van der Waals surface area contributed by atoms with Crippen LogP contribution in [0.2, 0.25) is 0 Å². The predicted octanol–water partition coefficient (Wildman–Crippen LogP) is 3.61. The highest BCUT2D eigenvalue weighted by Gasteiger charge is 2.56. The number of fused-ring (bicyclic) bond motifs is 2. The lowest BCUT2D eigenvalue weighted by atomic mass is 10.1. The van der Waals surface area contributed by atoms with Crippen LogP contribution in [0.1, 0.15) is 51.0 Å². The number of H-pyrrole nitrogens is 1. The normalized spacial score (nSPS) is 25.4. The smallest absolute Gasteiger partial charge is 0.411 e. The van der Waals surface area contributed by atoms with Gasteiger partial charge in [0, 0.05) is 11.6 Å². The molecule has 24 heavy (non-hydrogen) atoms. The highest BCUT2D eigenvalue weighted by molar-refractivity contribution is 5.77. The first-order valence-electron chi connectivity index (χ1n) is 8.33. The van der Waals surface area contributed by atoms with Crippen LogP contribution in [0.25, 0.3) is 11.0 Å². The Balaban J connectivity index is 1.65. The first kappa shape index (κ1) is 15.1. The molecular formula is C19H21N3O2. The van der Waals surface area contributed by atoms with E-state index in [0.29, 0.717) is 12.0 Å². The fourth-order valence-electron chi connectivity index (χ4n) is 3.55. The van der Waals surface area contributed by atoms with Gasteiger partial charge in [0.05, 0.1) is 17.1 Å². The van der Waals surface area contributed by atoms with Gasteiger partial charge in [0.25, 0.3) is 0 Å². The average Bonchev–Trinajstić information content (AvgIpc) is 2.98. The molecule has 2 unspecified atom stereocenters. The van der Waals surface area contributed by atoms with Gasteiger partial charge in [0.1, 0.15) is 11.4 Å². The van der Waals surface area contributed by atoms with Crippen LogP contribution in [0.5, 0.6) is 0 Å². The molecule has 3 atom stereocenters. The molecule has 5 nitrogen and oxygen atoms in total. The summed E-state index contributed by atoms with van der Waals surface area (Å²) >= 11 is 0. The first-order valence-corrected chi connectivity index (χ1v) is 8.33. The molecule has 5 heteroatoms. The number of imidazole rings is 1. The largest absolute Gasteiger partial charge is 0.444 e. The zero-order valence-corrected chi connectivity index (χ0v) is 14.2. The summed E-state index contributed by atoms with van der Waals surface area (Å²) in [5.74, 6) is 4.02. The van der Waals surface area contributed by atoms with Gasteiger partial charge in [-0.3, -0.25) is 4.90 Å². The zero-order valence-electron chi connectivity index (χ0n) is 14.2. The van der Waals surface area contributed by atoms with E-state index < -0.39 is 5.60 Å². The SMILES string of the molecule is C#Cc1ccc2nc([C@@H]3CC4CC4N3C(=O)OC(C)(C)C)[nH]c2c1. The van der Waals surface area contributed by atoms with E-state index in [1.807, 2.05) is 43.9 Å². The molecule has 0 spiro atoms. The maximum absolute atomic E-state index is 12.6. The number of terminal acetylenes is 1. The number of amides is 1. The summed E-state index contributed by atoms with van der Waals surface area (Å²) in [5.41, 5.74) is 2.10. The Bertz CT molecular complexity index is 856. The molecular weight excluding hydrogens is 302 g/mol. The first-order chi connectivity index (χ1) is 11.4. The molecule has 2 aliphatic rings. The monoisotopic (exact) mass is 323 g/mol. The fourth-order valence-corrected chi connectivity index (χ4v) is 3.55. The minimum atomic E-state index is -0.496. The quantitative estimate of drug-likeness (QED) is 0.816. The van der Waals surface area contributed by atoms with Crippen molar-refractivity contribution in [3.8, 4) is 12.3 Å². The van der Waals surface area contributed by atoms with E-state index in [4.69, 9.17) is 11.2 Å². The van der Waals surface area contributed by atoms with Crippen molar-refractivity contribution in [2.45, 2.75) is 51.3 Å². The molecule has 2 aromatic rings. The van der Waals surface area contributed by atoms with Crippen molar-refractivity contribution in [2.75, 3.05) is 0 Å². The number of aromatic nitrogens is 2. The van der Waals surface area contributed by atoms with Crippen LogP contribution in [-0.4, -0.2) is 32.6 Å². The predicted molar refractivity (Wildman–Crippen MR) is 91.4 cm³/mol. The van der Waals surface area contributed by atoms with Crippen molar-refractivity contribution in [2.24, 2.45) is 5.92 Å². The van der Waals surface area contributed by atoms with Crippen molar-refractivity contribution in [1.82, 2.24) is 14.9 Å². The van der Waals surface area contributed by atoms with E-state index in [1.165, 1.54) is 0 Å². The molecule has 124 valence electrons. The summed E-state index contributed by atoms with van der Waals surface area (Å²) in [6.45, 7) is 5.68. The Morgan fingerprint density at radius 1 is 1.42 bits per heavy atom.